The van der Waals surface area contributed by atoms with Gasteiger partial charge >= 0.3 is 5.97 Å². The molecule has 154 valence electrons. The number of ether oxygens (including phenoxy) is 4. The number of aryl methyl sites for hydroxylation is 2. The van der Waals surface area contributed by atoms with E-state index in [1.54, 1.807) is 7.05 Å². The van der Waals surface area contributed by atoms with Gasteiger partial charge in [-0.3, -0.25) is 4.79 Å². The van der Waals surface area contributed by atoms with Crippen LogP contribution in [-0.4, -0.2) is 50.3 Å². The lowest BCUT2D eigenvalue weighted by atomic mass is 10.1. The van der Waals surface area contributed by atoms with Gasteiger partial charge in [-0.1, -0.05) is 12.1 Å². The molecule has 0 spiro atoms. The molecule has 7 heteroatoms. The van der Waals surface area contributed by atoms with E-state index in [2.05, 4.69) is 0 Å². The molecule has 0 radical (unpaired) electrons. The van der Waals surface area contributed by atoms with E-state index in [0.29, 0.717) is 37.0 Å². The molecule has 2 aromatic rings. The van der Waals surface area contributed by atoms with Crippen molar-refractivity contribution in [3.8, 4) is 17.2 Å². The number of benzene rings is 2. The quantitative estimate of drug-likeness (QED) is 0.667. The van der Waals surface area contributed by atoms with Crippen LogP contribution in [0.1, 0.15) is 16.7 Å². The number of rotatable bonds is 7. The van der Waals surface area contributed by atoms with Gasteiger partial charge in [0.1, 0.15) is 19.0 Å². The van der Waals surface area contributed by atoms with Crippen molar-refractivity contribution in [3.05, 3.63) is 53.1 Å². The summed E-state index contributed by atoms with van der Waals surface area (Å²) in [5, 5.41) is 0. The first-order valence-corrected chi connectivity index (χ1v) is 9.40. The van der Waals surface area contributed by atoms with Crippen LogP contribution in [0.25, 0.3) is 0 Å². The van der Waals surface area contributed by atoms with Gasteiger partial charge < -0.3 is 23.8 Å². The van der Waals surface area contributed by atoms with Crippen LogP contribution in [0.15, 0.2) is 36.4 Å². The molecule has 0 saturated carbocycles. The number of fused-ring (bicyclic) bond motifs is 1. The third-order valence-corrected chi connectivity index (χ3v) is 4.36. The van der Waals surface area contributed by atoms with E-state index in [0.717, 1.165) is 16.7 Å². The second-order valence-electron chi connectivity index (χ2n) is 7.00. The number of carbonyl (C=O) groups excluding carboxylic acids is 2. The fourth-order valence-corrected chi connectivity index (χ4v) is 3.00. The molecule has 0 saturated heterocycles. The molecule has 1 aliphatic heterocycles. The molecule has 7 nitrogen and oxygen atoms in total. The lowest BCUT2D eigenvalue weighted by molar-refractivity contribution is -0.153. The maximum absolute atomic E-state index is 12.3. The van der Waals surface area contributed by atoms with Crippen LogP contribution < -0.4 is 14.2 Å². The molecule has 0 atom stereocenters. The molecule has 1 amide bonds. The van der Waals surface area contributed by atoms with Crippen LogP contribution in [0.4, 0.5) is 0 Å². The molecule has 1 aliphatic rings. The molecule has 29 heavy (non-hydrogen) atoms. The Hall–Kier alpha value is -3.22. The van der Waals surface area contributed by atoms with E-state index in [9.17, 15) is 9.59 Å². The van der Waals surface area contributed by atoms with Gasteiger partial charge in [-0.05, 0) is 54.8 Å². The summed E-state index contributed by atoms with van der Waals surface area (Å²) in [6.45, 7) is 4.72. The molecule has 0 fully saturated rings. The fourth-order valence-electron chi connectivity index (χ4n) is 3.00. The number of hydrogen-bond donors (Lipinski definition) is 0. The SMILES string of the molecule is Cc1cc(C)cc(OCC(=O)OCC(=O)N(C)Cc2ccc3c(c2)OCCO3)c1. The Bertz CT molecular complexity index is 875. The monoisotopic (exact) mass is 399 g/mol. The van der Waals surface area contributed by atoms with Gasteiger partial charge in [0.25, 0.3) is 5.91 Å². The Balaban J connectivity index is 1.44. The van der Waals surface area contributed by atoms with E-state index >= 15 is 0 Å². The lowest BCUT2D eigenvalue weighted by Crippen LogP contribution is -2.31. The summed E-state index contributed by atoms with van der Waals surface area (Å²) < 4.78 is 21.5. The van der Waals surface area contributed by atoms with Crippen molar-refractivity contribution in [1.82, 2.24) is 4.90 Å². The highest BCUT2D eigenvalue weighted by Crippen LogP contribution is 2.31. The summed E-state index contributed by atoms with van der Waals surface area (Å²) >= 11 is 0. The van der Waals surface area contributed by atoms with Crippen LogP contribution in [0.3, 0.4) is 0 Å². The van der Waals surface area contributed by atoms with Gasteiger partial charge in [-0.25, -0.2) is 4.79 Å². The Kier molecular flexibility index (Phi) is 6.59. The molecule has 0 bridgehead atoms. The number of amides is 1. The second kappa shape index (κ2) is 9.32. The normalized spacial score (nSPS) is 12.2. The molecule has 0 N–H and O–H groups in total. The highest BCUT2D eigenvalue weighted by molar-refractivity contribution is 5.80. The summed E-state index contributed by atoms with van der Waals surface area (Å²) in [5.41, 5.74) is 2.99. The smallest absolute Gasteiger partial charge is 0.344 e. The highest BCUT2D eigenvalue weighted by Gasteiger charge is 2.16. The van der Waals surface area contributed by atoms with Gasteiger partial charge in [0.15, 0.2) is 24.7 Å². The van der Waals surface area contributed by atoms with Gasteiger partial charge in [-0.2, -0.15) is 0 Å². The highest BCUT2D eigenvalue weighted by atomic mass is 16.6. The zero-order valence-electron chi connectivity index (χ0n) is 16.9. The van der Waals surface area contributed by atoms with Gasteiger partial charge in [0, 0.05) is 13.6 Å². The van der Waals surface area contributed by atoms with Gasteiger partial charge in [0.2, 0.25) is 0 Å². The molecule has 3 rings (SSSR count). The Labute approximate surface area is 170 Å². The van der Waals surface area contributed by atoms with E-state index in [1.807, 2.05) is 50.2 Å². The van der Waals surface area contributed by atoms with Crippen molar-refractivity contribution in [1.29, 1.82) is 0 Å². The van der Waals surface area contributed by atoms with Crippen molar-refractivity contribution < 1.29 is 28.5 Å². The molecule has 0 aromatic heterocycles. The van der Waals surface area contributed by atoms with Crippen molar-refractivity contribution in [2.24, 2.45) is 0 Å². The molecule has 1 heterocycles. The Morgan fingerprint density at radius 2 is 1.66 bits per heavy atom. The number of nitrogens with zero attached hydrogens (tertiary/aromatic N) is 1. The maximum atomic E-state index is 12.3. The second-order valence-corrected chi connectivity index (χ2v) is 7.00. The summed E-state index contributed by atoms with van der Waals surface area (Å²) in [7, 11) is 1.65. The minimum Gasteiger partial charge on any atom is -0.486 e. The summed E-state index contributed by atoms with van der Waals surface area (Å²) in [4.78, 5) is 25.6. The zero-order valence-corrected chi connectivity index (χ0v) is 16.9. The Morgan fingerprint density at radius 1 is 0.966 bits per heavy atom. The van der Waals surface area contributed by atoms with Crippen LogP contribution in [0.5, 0.6) is 17.2 Å². The number of carbonyl (C=O) groups is 2. The van der Waals surface area contributed by atoms with Gasteiger partial charge in [-0.15, -0.1) is 0 Å². The van der Waals surface area contributed by atoms with Crippen LogP contribution in [0, 0.1) is 13.8 Å². The number of likely N-dealkylation sites (N-methyl/N-ethyl adjacent to an activating group) is 1. The first kappa shape index (κ1) is 20.5. The molecule has 2 aromatic carbocycles. The zero-order chi connectivity index (χ0) is 20.8. The third-order valence-electron chi connectivity index (χ3n) is 4.36. The maximum Gasteiger partial charge on any atom is 0.344 e. The minimum absolute atomic E-state index is 0.248. The first-order valence-electron chi connectivity index (χ1n) is 9.40. The molecule has 0 unspecified atom stereocenters. The van der Waals surface area contributed by atoms with E-state index in [1.165, 1.54) is 4.90 Å². The summed E-state index contributed by atoms with van der Waals surface area (Å²) in [6, 6.07) is 11.2. The van der Waals surface area contributed by atoms with Crippen LogP contribution in [0.2, 0.25) is 0 Å². The van der Waals surface area contributed by atoms with Crippen LogP contribution in [-0.2, 0) is 20.9 Å². The summed E-state index contributed by atoms with van der Waals surface area (Å²) in [6.07, 6.45) is 0. The van der Waals surface area contributed by atoms with Crippen molar-refractivity contribution in [2.75, 3.05) is 33.5 Å². The van der Waals surface area contributed by atoms with E-state index in [-0.39, 0.29) is 19.1 Å². The largest absolute Gasteiger partial charge is 0.486 e. The average Bonchev–Trinajstić information content (AvgIpc) is 2.69. The number of esters is 1. The van der Waals surface area contributed by atoms with Gasteiger partial charge in [0.05, 0.1) is 0 Å². The number of hydrogen-bond acceptors (Lipinski definition) is 6. The predicted molar refractivity (Wildman–Crippen MR) is 106 cm³/mol. The van der Waals surface area contributed by atoms with E-state index < -0.39 is 5.97 Å². The average molecular weight is 399 g/mol. The van der Waals surface area contributed by atoms with Crippen molar-refractivity contribution >= 4 is 11.9 Å². The standard InChI is InChI=1S/C22H25NO6/c1-15-8-16(2)10-18(9-15)28-14-22(25)29-13-21(24)23(3)12-17-4-5-19-20(11-17)27-7-6-26-19/h4-5,8-11H,6-7,12-14H2,1-3H3. The van der Waals surface area contributed by atoms with E-state index in [4.69, 9.17) is 18.9 Å². The predicted octanol–water partition coefficient (Wildman–Crippen LogP) is 2.66. The topological polar surface area (TPSA) is 74.3 Å². The van der Waals surface area contributed by atoms with Crippen molar-refractivity contribution in [2.45, 2.75) is 20.4 Å². The fraction of sp³-hybridized carbons (Fsp3) is 0.364. The first-order chi connectivity index (χ1) is 13.9. The van der Waals surface area contributed by atoms with Crippen molar-refractivity contribution in [3.63, 3.8) is 0 Å². The minimum atomic E-state index is -0.592. The molecular formula is C22H25NO6. The third kappa shape index (κ3) is 5.88. The lowest BCUT2D eigenvalue weighted by Gasteiger charge is -2.21. The summed E-state index contributed by atoms with van der Waals surface area (Å²) in [5.74, 6) is 1.07. The van der Waals surface area contributed by atoms with Crippen LogP contribution >= 0.6 is 0 Å². The molecule has 0 aliphatic carbocycles. The molecular weight excluding hydrogens is 374 g/mol. The Morgan fingerprint density at radius 3 is 2.38 bits per heavy atom.